The van der Waals surface area contributed by atoms with Gasteiger partial charge in [-0.15, -0.1) is 0 Å². The Balaban J connectivity index is 1.16. The highest BCUT2D eigenvalue weighted by molar-refractivity contribution is 6.06. The van der Waals surface area contributed by atoms with E-state index in [-0.39, 0.29) is 5.41 Å². The second-order valence-electron chi connectivity index (χ2n) is 13.9. The molecule has 1 aromatic heterocycles. The van der Waals surface area contributed by atoms with Gasteiger partial charge in [0.1, 0.15) is 11.2 Å². The lowest BCUT2D eigenvalue weighted by Gasteiger charge is -2.29. The molecule has 49 heavy (non-hydrogen) atoms. The lowest BCUT2D eigenvalue weighted by Crippen LogP contribution is -2.16. The number of anilines is 3. The van der Waals surface area contributed by atoms with E-state index < -0.39 is 0 Å². The largest absolute Gasteiger partial charge is 0.456 e. The van der Waals surface area contributed by atoms with Crippen molar-refractivity contribution in [2.24, 2.45) is 0 Å². The standard InChI is InChI=1S/C47H37NO/c1-30-11-5-6-12-37(30)38-24-22-35(27-31(38)2)48(36-23-25-40-39-13-7-9-15-43(39)47(3,4)44(40)29-36)34-20-17-32(18-21-34)33-19-26-46-42(28-33)41-14-8-10-16-45(41)49-46/h5-29H,1-4H3. The zero-order valence-electron chi connectivity index (χ0n) is 28.3. The molecule has 7 aromatic carbocycles. The molecule has 0 fully saturated rings. The summed E-state index contributed by atoms with van der Waals surface area (Å²) in [4.78, 5) is 2.41. The van der Waals surface area contributed by atoms with Crippen LogP contribution in [0.2, 0.25) is 0 Å². The van der Waals surface area contributed by atoms with E-state index in [0.717, 1.165) is 39.0 Å². The Bertz CT molecular complexity index is 2550. The molecule has 1 aliphatic carbocycles. The topological polar surface area (TPSA) is 16.4 Å². The predicted molar refractivity (Wildman–Crippen MR) is 206 cm³/mol. The Hall–Kier alpha value is -5.86. The minimum Gasteiger partial charge on any atom is -0.456 e. The molecule has 1 aliphatic rings. The summed E-state index contributed by atoms with van der Waals surface area (Å²) in [7, 11) is 0. The van der Waals surface area contributed by atoms with E-state index in [1.54, 1.807) is 0 Å². The maximum absolute atomic E-state index is 6.10. The highest BCUT2D eigenvalue weighted by Crippen LogP contribution is 2.51. The molecule has 2 nitrogen and oxygen atoms in total. The second kappa shape index (κ2) is 11.1. The molecule has 9 rings (SSSR count). The van der Waals surface area contributed by atoms with Crippen LogP contribution in [0.25, 0.3) is 55.3 Å². The fourth-order valence-electron chi connectivity index (χ4n) is 7.95. The molecule has 0 saturated carbocycles. The summed E-state index contributed by atoms with van der Waals surface area (Å²) >= 11 is 0. The van der Waals surface area contributed by atoms with Gasteiger partial charge in [-0.1, -0.05) is 111 Å². The van der Waals surface area contributed by atoms with Gasteiger partial charge in [0.15, 0.2) is 0 Å². The molecule has 0 bridgehead atoms. The van der Waals surface area contributed by atoms with Crippen LogP contribution in [0.5, 0.6) is 0 Å². The first-order valence-electron chi connectivity index (χ1n) is 17.1. The third-order valence-electron chi connectivity index (χ3n) is 10.6. The number of hydrogen-bond acceptors (Lipinski definition) is 2. The van der Waals surface area contributed by atoms with Gasteiger partial charge >= 0.3 is 0 Å². The van der Waals surface area contributed by atoms with Crippen molar-refractivity contribution in [3.8, 4) is 33.4 Å². The minimum atomic E-state index is -0.0853. The van der Waals surface area contributed by atoms with Gasteiger partial charge < -0.3 is 9.32 Å². The molecule has 0 atom stereocenters. The molecule has 0 saturated heterocycles. The van der Waals surface area contributed by atoms with Crippen LogP contribution in [0.1, 0.15) is 36.1 Å². The first-order chi connectivity index (χ1) is 23.9. The lowest BCUT2D eigenvalue weighted by molar-refractivity contribution is 0.660. The van der Waals surface area contributed by atoms with Gasteiger partial charge in [0.25, 0.3) is 0 Å². The summed E-state index contributed by atoms with van der Waals surface area (Å²) in [5.74, 6) is 0. The quantitative estimate of drug-likeness (QED) is 0.188. The number of fused-ring (bicyclic) bond motifs is 6. The van der Waals surface area contributed by atoms with Crippen LogP contribution in [-0.4, -0.2) is 0 Å². The summed E-state index contributed by atoms with van der Waals surface area (Å²) < 4.78 is 6.10. The van der Waals surface area contributed by atoms with Crippen LogP contribution in [0.4, 0.5) is 17.1 Å². The highest BCUT2D eigenvalue weighted by atomic mass is 16.3. The van der Waals surface area contributed by atoms with Crippen molar-refractivity contribution in [1.29, 1.82) is 0 Å². The van der Waals surface area contributed by atoms with E-state index in [2.05, 4.69) is 172 Å². The van der Waals surface area contributed by atoms with Crippen molar-refractivity contribution in [3.63, 3.8) is 0 Å². The van der Waals surface area contributed by atoms with Gasteiger partial charge in [-0.25, -0.2) is 0 Å². The van der Waals surface area contributed by atoms with E-state index in [9.17, 15) is 0 Å². The maximum Gasteiger partial charge on any atom is 0.135 e. The predicted octanol–water partition coefficient (Wildman–Crippen LogP) is 13.3. The summed E-state index contributed by atoms with van der Waals surface area (Å²) in [6, 6.07) is 55.2. The minimum absolute atomic E-state index is 0.0853. The average Bonchev–Trinajstić information content (AvgIpc) is 3.61. The van der Waals surface area contributed by atoms with E-state index >= 15 is 0 Å². The van der Waals surface area contributed by atoms with Gasteiger partial charge in [-0.3, -0.25) is 0 Å². The molecule has 8 aromatic rings. The molecule has 0 radical (unpaired) electrons. The van der Waals surface area contributed by atoms with Crippen LogP contribution in [0, 0.1) is 13.8 Å². The van der Waals surface area contributed by atoms with Gasteiger partial charge in [-0.2, -0.15) is 0 Å². The zero-order chi connectivity index (χ0) is 33.3. The molecule has 236 valence electrons. The Morgan fingerprint density at radius 3 is 1.82 bits per heavy atom. The summed E-state index contributed by atoms with van der Waals surface area (Å²) in [6.07, 6.45) is 0. The van der Waals surface area contributed by atoms with Crippen LogP contribution >= 0.6 is 0 Å². The number of hydrogen-bond donors (Lipinski definition) is 0. The van der Waals surface area contributed by atoms with Crippen LogP contribution in [0.3, 0.4) is 0 Å². The van der Waals surface area contributed by atoms with Gasteiger partial charge in [0.05, 0.1) is 0 Å². The van der Waals surface area contributed by atoms with Gasteiger partial charge in [0.2, 0.25) is 0 Å². The summed E-state index contributed by atoms with van der Waals surface area (Å²) in [5.41, 5.74) is 18.0. The Morgan fingerprint density at radius 2 is 1.02 bits per heavy atom. The van der Waals surface area contributed by atoms with Crippen molar-refractivity contribution < 1.29 is 4.42 Å². The molecule has 2 heteroatoms. The van der Waals surface area contributed by atoms with Gasteiger partial charge in [-0.05, 0) is 124 Å². The second-order valence-corrected chi connectivity index (χ2v) is 13.9. The smallest absolute Gasteiger partial charge is 0.135 e. The van der Waals surface area contributed by atoms with Crippen molar-refractivity contribution in [2.45, 2.75) is 33.1 Å². The number of rotatable bonds is 5. The Kier molecular flexibility index (Phi) is 6.64. The monoisotopic (exact) mass is 631 g/mol. The number of benzene rings is 7. The maximum atomic E-state index is 6.10. The third kappa shape index (κ3) is 4.70. The van der Waals surface area contributed by atoms with Crippen molar-refractivity contribution in [1.82, 2.24) is 0 Å². The number of aryl methyl sites for hydroxylation is 2. The molecule has 0 amide bonds. The molecule has 0 spiro atoms. The van der Waals surface area contributed by atoms with E-state index in [4.69, 9.17) is 4.42 Å². The van der Waals surface area contributed by atoms with E-state index in [1.807, 2.05) is 12.1 Å². The van der Waals surface area contributed by atoms with Crippen LogP contribution in [-0.2, 0) is 5.41 Å². The Morgan fingerprint density at radius 1 is 0.429 bits per heavy atom. The fourth-order valence-corrected chi connectivity index (χ4v) is 7.95. The van der Waals surface area contributed by atoms with Crippen LogP contribution in [0.15, 0.2) is 156 Å². The highest BCUT2D eigenvalue weighted by Gasteiger charge is 2.35. The number of nitrogens with zero attached hydrogens (tertiary/aromatic N) is 1. The summed E-state index contributed by atoms with van der Waals surface area (Å²) in [5, 5.41) is 2.29. The van der Waals surface area contributed by atoms with E-state index in [1.165, 1.54) is 55.6 Å². The normalized spacial score (nSPS) is 13.1. The molecular weight excluding hydrogens is 595 g/mol. The van der Waals surface area contributed by atoms with Gasteiger partial charge in [0, 0.05) is 33.2 Å². The molecule has 0 unspecified atom stereocenters. The zero-order valence-corrected chi connectivity index (χ0v) is 28.3. The SMILES string of the molecule is Cc1ccccc1-c1ccc(N(c2ccc(-c3ccc4oc5ccccc5c4c3)cc2)c2ccc3c(c2)C(C)(C)c2ccccc2-3)cc1C. The molecular formula is C47H37NO. The average molecular weight is 632 g/mol. The van der Waals surface area contributed by atoms with Crippen LogP contribution < -0.4 is 4.90 Å². The molecule has 0 aliphatic heterocycles. The first kappa shape index (κ1) is 29.3. The first-order valence-corrected chi connectivity index (χ1v) is 17.1. The molecule has 1 heterocycles. The number of para-hydroxylation sites is 1. The van der Waals surface area contributed by atoms with Crippen molar-refractivity contribution in [3.05, 3.63) is 174 Å². The van der Waals surface area contributed by atoms with Crippen molar-refractivity contribution in [2.75, 3.05) is 4.90 Å². The fraction of sp³-hybridized carbons (Fsp3) is 0.106. The lowest BCUT2D eigenvalue weighted by atomic mass is 9.82. The van der Waals surface area contributed by atoms with Crippen molar-refractivity contribution >= 4 is 39.0 Å². The third-order valence-corrected chi connectivity index (χ3v) is 10.6. The molecule has 0 N–H and O–H groups in total. The van der Waals surface area contributed by atoms with E-state index in [0.29, 0.717) is 0 Å². The number of furan rings is 1. The Labute approximate surface area is 287 Å². The summed E-state index contributed by atoms with van der Waals surface area (Å²) in [6.45, 7) is 9.11.